The molecule has 33 heavy (non-hydrogen) atoms. The maximum absolute atomic E-state index is 11.5. The van der Waals surface area contributed by atoms with Gasteiger partial charge in [0.05, 0.1) is 12.7 Å². The minimum absolute atomic E-state index is 0.0849. The van der Waals surface area contributed by atoms with E-state index in [1.165, 1.54) is 32.1 Å². The van der Waals surface area contributed by atoms with E-state index in [4.69, 9.17) is 14.2 Å². The van der Waals surface area contributed by atoms with Crippen LogP contribution in [0.2, 0.25) is 0 Å². The molecule has 184 valence electrons. The Kier molecular flexibility index (Phi) is 5.18. The molecule has 11 atom stereocenters. The normalized spacial score (nSPS) is 55.2. The van der Waals surface area contributed by atoms with Crippen LogP contribution in [0.3, 0.4) is 0 Å². The molecule has 0 aromatic carbocycles. The van der Waals surface area contributed by atoms with Crippen LogP contribution in [0, 0.1) is 46.3 Å². The average molecular weight is 457 g/mol. The van der Waals surface area contributed by atoms with E-state index < -0.39 is 0 Å². The summed E-state index contributed by atoms with van der Waals surface area (Å²) in [5.74, 6) is 3.64. The molecule has 0 aromatic heterocycles. The van der Waals surface area contributed by atoms with Gasteiger partial charge in [0.1, 0.15) is 6.10 Å². The smallest absolute Gasteiger partial charge is 0.302 e. The van der Waals surface area contributed by atoms with Gasteiger partial charge in [0.2, 0.25) is 0 Å². The number of fused-ring (bicyclic) bond motifs is 7. The second-order valence-electron chi connectivity index (χ2n) is 13.3. The van der Waals surface area contributed by atoms with Crippen LogP contribution in [0.1, 0.15) is 92.4 Å². The molecule has 2 unspecified atom stereocenters. The lowest BCUT2D eigenvalue weighted by atomic mass is 9.47. The molecule has 2 saturated heterocycles. The number of ether oxygens (including phenoxy) is 3. The van der Waals surface area contributed by atoms with Crippen LogP contribution in [0.15, 0.2) is 11.6 Å². The van der Waals surface area contributed by atoms with E-state index in [0.717, 1.165) is 50.0 Å². The summed E-state index contributed by atoms with van der Waals surface area (Å²) in [5.41, 5.74) is 2.24. The van der Waals surface area contributed by atoms with Gasteiger partial charge in [-0.1, -0.05) is 39.3 Å². The summed E-state index contributed by atoms with van der Waals surface area (Å²) in [6.45, 7) is 12.3. The van der Waals surface area contributed by atoms with Gasteiger partial charge in [-0.2, -0.15) is 0 Å². The third kappa shape index (κ3) is 3.18. The molecule has 2 heterocycles. The first-order valence-electron chi connectivity index (χ1n) is 13.8. The number of carbonyl (C=O) groups is 1. The highest BCUT2D eigenvalue weighted by molar-refractivity contribution is 5.66. The van der Waals surface area contributed by atoms with Crippen molar-refractivity contribution >= 4 is 5.97 Å². The van der Waals surface area contributed by atoms with E-state index >= 15 is 0 Å². The Morgan fingerprint density at radius 3 is 2.64 bits per heavy atom. The van der Waals surface area contributed by atoms with Crippen LogP contribution in [-0.4, -0.2) is 30.6 Å². The van der Waals surface area contributed by atoms with Gasteiger partial charge in [0.15, 0.2) is 5.79 Å². The molecule has 0 aromatic rings. The fourth-order valence-electron chi connectivity index (χ4n) is 9.98. The van der Waals surface area contributed by atoms with Gasteiger partial charge in [-0.3, -0.25) is 4.79 Å². The van der Waals surface area contributed by atoms with E-state index in [2.05, 4.69) is 33.8 Å². The predicted molar refractivity (Wildman–Crippen MR) is 127 cm³/mol. The van der Waals surface area contributed by atoms with Gasteiger partial charge in [-0.15, -0.1) is 0 Å². The van der Waals surface area contributed by atoms with Gasteiger partial charge in [-0.05, 0) is 85.4 Å². The van der Waals surface area contributed by atoms with Crippen LogP contribution < -0.4 is 0 Å². The maximum atomic E-state index is 11.5. The molecule has 4 heteroatoms. The number of allylic oxidation sites excluding steroid dienone is 1. The molecule has 5 fully saturated rings. The molecule has 3 saturated carbocycles. The van der Waals surface area contributed by atoms with Crippen LogP contribution in [0.25, 0.3) is 0 Å². The zero-order valence-corrected chi connectivity index (χ0v) is 21.4. The zero-order valence-electron chi connectivity index (χ0n) is 21.4. The molecule has 6 rings (SSSR count). The van der Waals surface area contributed by atoms with Crippen molar-refractivity contribution in [2.75, 3.05) is 6.61 Å². The number of rotatable bonds is 1. The van der Waals surface area contributed by atoms with E-state index in [1.54, 1.807) is 12.5 Å². The lowest BCUT2D eigenvalue weighted by molar-refractivity contribution is -0.272. The molecule has 1 spiro atoms. The summed E-state index contributed by atoms with van der Waals surface area (Å²) in [4.78, 5) is 11.5. The molecule has 4 aliphatic carbocycles. The fraction of sp³-hybridized carbons (Fsp3) is 0.897. The van der Waals surface area contributed by atoms with Crippen LogP contribution in [-0.2, 0) is 19.0 Å². The predicted octanol–water partition coefficient (Wildman–Crippen LogP) is 6.28. The maximum Gasteiger partial charge on any atom is 0.302 e. The summed E-state index contributed by atoms with van der Waals surface area (Å²) in [5, 5.41) is 0. The van der Waals surface area contributed by atoms with E-state index in [1.807, 2.05) is 0 Å². The SMILES string of the molecule is CC(=O)O[C@H]1CC[C@@]2(C)C(=CCC3[C@@H]4C[C@@H]5O[C@]6(CCC(C)CO6)[C@@H](C)[C@@H]5[C@@]4(C)CC[C@@H]32)C1. The number of hydrogen-bond donors (Lipinski definition) is 0. The standard InChI is InChI=1S/C29H44O4/c1-17-8-13-29(31-16-17)18(2)26-25(33-29)15-24-22-7-6-20-14-21(32-19(3)30)9-11-27(20,4)23(22)10-12-28(24,26)5/h6,17-18,21-26H,7-16H2,1-5H3/t17?,18-,21-,22?,23-,24-,25-,26-,27-,28-,29+/m0/s1. The molecule has 0 radical (unpaired) electrons. The molecular formula is C29H44O4. The number of hydrogen-bond acceptors (Lipinski definition) is 4. The van der Waals surface area contributed by atoms with Gasteiger partial charge >= 0.3 is 5.97 Å². The third-order valence-corrected chi connectivity index (χ3v) is 11.7. The summed E-state index contributed by atoms with van der Waals surface area (Å²) in [6.07, 6.45) is 13.6. The molecule has 6 aliphatic rings. The highest BCUT2D eigenvalue weighted by atomic mass is 16.7. The summed E-state index contributed by atoms with van der Waals surface area (Å²) in [6, 6.07) is 0. The Morgan fingerprint density at radius 2 is 1.91 bits per heavy atom. The van der Waals surface area contributed by atoms with Crippen molar-refractivity contribution in [2.24, 2.45) is 46.3 Å². The lowest BCUT2D eigenvalue weighted by Crippen LogP contribution is -2.52. The minimum Gasteiger partial charge on any atom is -0.462 e. The first kappa shape index (κ1) is 22.6. The monoisotopic (exact) mass is 456 g/mol. The van der Waals surface area contributed by atoms with E-state index in [9.17, 15) is 4.79 Å². The molecular weight excluding hydrogens is 412 g/mol. The number of esters is 1. The van der Waals surface area contributed by atoms with Crippen molar-refractivity contribution < 1.29 is 19.0 Å². The average Bonchev–Trinajstić information content (AvgIpc) is 3.21. The molecule has 4 nitrogen and oxygen atoms in total. The van der Waals surface area contributed by atoms with Crippen molar-refractivity contribution in [3.8, 4) is 0 Å². The Balaban J connectivity index is 1.24. The molecule has 0 N–H and O–H groups in total. The lowest BCUT2D eigenvalue weighted by Gasteiger charge is -2.58. The van der Waals surface area contributed by atoms with E-state index in [-0.39, 0.29) is 23.3 Å². The van der Waals surface area contributed by atoms with Crippen LogP contribution >= 0.6 is 0 Å². The first-order chi connectivity index (χ1) is 15.7. The number of carbonyl (C=O) groups excluding carboxylic acids is 1. The van der Waals surface area contributed by atoms with Gasteiger partial charge in [-0.25, -0.2) is 0 Å². The van der Waals surface area contributed by atoms with Gasteiger partial charge in [0.25, 0.3) is 0 Å². The summed E-state index contributed by atoms with van der Waals surface area (Å²) < 4.78 is 19.0. The second-order valence-corrected chi connectivity index (χ2v) is 13.3. The Bertz CT molecular complexity index is 841. The van der Waals surface area contributed by atoms with Crippen molar-refractivity contribution in [2.45, 2.75) is 110 Å². The Hall–Kier alpha value is -0.870. The van der Waals surface area contributed by atoms with Crippen LogP contribution in [0.4, 0.5) is 0 Å². The molecule has 2 aliphatic heterocycles. The summed E-state index contributed by atoms with van der Waals surface area (Å²) in [7, 11) is 0. The van der Waals surface area contributed by atoms with E-state index in [0.29, 0.717) is 29.3 Å². The second kappa shape index (κ2) is 7.56. The zero-order chi connectivity index (χ0) is 23.2. The first-order valence-corrected chi connectivity index (χ1v) is 13.8. The highest BCUT2D eigenvalue weighted by Crippen LogP contribution is 2.70. The molecule has 0 bridgehead atoms. The van der Waals surface area contributed by atoms with Gasteiger partial charge in [0, 0.05) is 25.7 Å². The van der Waals surface area contributed by atoms with Crippen molar-refractivity contribution in [1.82, 2.24) is 0 Å². The largest absolute Gasteiger partial charge is 0.462 e. The molecule has 0 amide bonds. The van der Waals surface area contributed by atoms with Gasteiger partial charge < -0.3 is 14.2 Å². The fourth-order valence-corrected chi connectivity index (χ4v) is 9.98. The van der Waals surface area contributed by atoms with Crippen molar-refractivity contribution in [3.05, 3.63) is 11.6 Å². The Morgan fingerprint density at radius 1 is 1.09 bits per heavy atom. The Labute approximate surface area is 200 Å². The third-order valence-electron chi connectivity index (χ3n) is 11.7. The topological polar surface area (TPSA) is 44.8 Å². The van der Waals surface area contributed by atoms with Crippen molar-refractivity contribution in [3.63, 3.8) is 0 Å². The minimum atomic E-state index is -0.312. The van der Waals surface area contributed by atoms with Crippen molar-refractivity contribution in [1.29, 1.82) is 0 Å². The van der Waals surface area contributed by atoms with Crippen LogP contribution in [0.5, 0.6) is 0 Å². The quantitative estimate of drug-likeness (QED) is 0.344. The highest BCUT2D eigenvalue weighted by Gasteiger charge is 2.68. The summed E-state index contributed by atoms with van der Waals surface area (Å²) >= 11 is 0.